The predicted octanol–water partition coefficient (Wildman–Crippen LogP) is 1.58. The summed E-state index contributed by atoms with van der Waals surface area (Å²) in [6.45, 7) is 0.283. The van der Waals surface area contributed by atoms with Gasteiger partial charge in [-0.25, -0.2) is 4.79 Å². The van der Waals surface area contributed by atoms with Gasteiger partial charge < -0.3 is 10.0 Å². The van der Waals surface area contributed by atoms with E-state index in [1.54, 1.807) is 4.90 Å². The van der Waals surface area contributed by atoms with E-state index in [1.807, 2.05) is 6.08 Å². The molecule has 1 aliphatic carbocycles. The van der Waals surface area contributed by atoms with Gasteiger partial charge in [-0.15, -0.1) is 0 Å². The molecule has 3 aliphatic rings. The van der Waals surface area contributed by atoms with E-state index in [1.165, 1.54) is 0 Å². The molecule has 2 heterocycles. The first-order chi connectivity index (χ1) is 8.66. The van der Waals surface area contributed by atoms with Crippen molar-refractivity contribution in [1.29, 1.82) is 0 Å². The molecule has 3 unspecified atom stereocenters. The number of carbonyl (C=O) groups is 2. The minimum absolute atomic E-state index is 0.000972. The summed E-state index contributed by atoms with van der Waals surface area (Å²) < 4.78 is 0. The second-order valence-corrected chi connectivity index (χ2v) is 5.38. The number of rotatable bonds is 1. The lowest BCUT2D eigenvalue weighted by molar-refractivity contribution is -0.133. The van der Waals surface area contributed by atoms with Crippen LogP contribution in [-0.4, -0.2) is 34.5 Å². The molecule has 96 valence electrons. The molecule has 1 amide bonds. The normalized spacial score (nSPS) is 34.7. The maximum Gasteiger partial charge on any atom is 0.333 e. The van der Waals surface area contributed by atoms with Crippen molar-refractivity contribution in [2.24, 2.45) is 11.8 Å². The number of hydrogen-bond acceptors (Lipinski definition) is 2. The van der Waals surface area contributed by atoms with Gasteiger partial charge in [0.25, 0.3) is 0 Å². The number of aliphatic carboxylic acids is 1. The van der Waals surface area contributed by atoms with Crippen LogP contribution in [0, 0.1) is 11.8 Å². The SMILES string of the molecule is O=C(O)C1=CC2C3CCC=CC3CCC(=O)N2C1. The highest BCUT2D eigenvalue weighted by atomic mass is 16.4. The number of amides is 1. The highest BCUT2D eigenvalue weighted by Gasteiger charge is 2.41. The van der Waals surface area contributed by atoms with Gasteiger partial charge in [-0.1, -0.05) is 12.2 Å². The van der Waals surface area contributed by atoms with Crippen molar-refractivity contribution >= 4 is 11.9 Å². The summed E-state index contributed by atoms with van der Waals surface area (Å²) in [5, 5.41) is 9.09. The quantitative estimate of drug-likeness (QED) is 0.716. The number of hydrogen-bond donors (Lipinski definition) is 1. The van der Waals surface area contributed by atoms with E-state index >= 15 is 0 Å². The third-order valence-corrected chi connectivity index (χ3v) is 4.40. The molecule has 1 fully saturated rings. The summed E-state index contributed by atoms with van der Waals surface area (Å²) in [4.78, 5) is 24.9. The standard InChI is InChI=1S/C14H17NO3/c16-13-6-5-9-3-1-2-4-11(9)12-7-10(14(17)18)8-15(12)13/h1,3,7,9,11-12H,2,4-6,8H2,(H,17,18). The Balaban J connectivity index is 1.94. The molecule has 1 N–H and O–H groups in total. The zero-order valence-corrected chi connectivity index (χ0v) is 10.2. The van der Waals surface area contributed by atoms with Crippen LogP contribution < -0.4 is 0 Å². The maximum absolute atomic E-state index is 12.1. The lowest BCUT2D eigenvalue weighted by Crippen LogP contribution is -2.40. The van der Waals surface area contributed by atoms with Crippen molar-refractivity contribution in [3.8, 4) is 0 Å². The van der Waals surface area contributed by atoms with Crippen LogP contribution in [0.2, 0.25) is 0 Å². The maximum atomic E-state index is 12.1. The summed E-state index contributed by atoms with van der Waals surface area (Å²) in [5.41, 5.74) is 0.378. The Morgan fingerprint density at radius 3 is 3.00 bits per heavy atom. The number of allylic oxidation sites excluding steroid dienone is 2. The Hall–Kier alpha value is -1.58. The number of carboxylic acids is 1. The molecule has 0 aromatic carbocycles. The van der Waals surface area contributed by atoms with Crippen molar-refractivity contribution in [1.82, 2.24) is 4.90 Å². The second kappa shape index (κ2) is 4.26. The molecular weight excluding hydrogens is 230 g/mol. The molecule has 0 aromatic heterocycles. The number of carbonyl (C=O) groups excluding carboxylic acids is 1. The van der Waals surface area contributed by atoms with Gasteiger partial charge in [0.1, 0.15) is 0 Å². The lowest BCUT2D eigenvalue weighted by Gasteiger charge is -2.33. The van der Waals surface area contributed by atoms with Gasteiger partial charge >= 0.3 is 5.97 Å². The van der Waals surface area contributed by atoms with E-state index in [4.69, 9.17) is 5.11 Å². The first-order valence-corrected chi connectivity index (χ1v) is 6.57. The molecule has 1 saturated heterocycles. The van der Waals surface area contributed by atoms with Crippen LogP contribution in [0.4, 0.5) is 0 Å². The Morgan fingerprint density at radius 2 is 2.22 bits per heavy atom. The smallest absolute Gasteiger partial charge is 0.333 e. The van der Waals surface area contributed by atoms with Crippen molar-refractivity contribution < 1.29 is 14.7 Å². The molecule has 4 heteroatoms. The summed E-state index contributed by atoms with van der Waals surface area (Å²) in [6.07, 6.45) is 9.76. The third kappa shape index (κ3) is 1.76. The molecule has 3 atom stereocenters. The van der Waals surface area contributed by atoms with Crippen LogP contribution in [0.1, 0.15) is 25.7 Å². The third-order valence-electron chi connectivity index (χ3n) is 4.40. The number of fused-ring (bicyclic) bond motifs is 3. The van der Waals surface area contributed by atoms with Gasteiger partial charge in [-0.3, -0.25) is 4.79 Å². The highest BCUT2D eigenvalue weighted by molar-refractivity contribution is 5.90. The second-order valence-electron chi connectivity index (χ2n) is 5.38. The highest BCUT2D eigenvalue weighted by Crippen LogP contribution is 2.39. The van der Waals surface area contributed by atoms with Crippen LogP contribution >= 0.6 is 0 Å². The Kier molecular flexibility index (Phi) is 2.73. The van der Waals surface area contributed by atoms with Crippen molar-refractivity contribution in [3.63, 3.8) is 0 Å². The van der Waals surface area contributed by atoms with E-state index in [9.17, 15) is 9.59 Å². The van der Waals surface area contributed by atoms with Gasteiger partial charge in [0.2, 0.25) is 5.91 Å². The Labute approximate surface area is 106 Å². The van der Waals surface area contributed by atoms with Gasteiger partial charge in [-0.2, -0.15) is 0 Å². The molecule has 18 heavy (non-hydrogen) atoms. The number of carboxylic acid groups (broad SMARTS) is 1. The fourth-order valence-electron chi connectivity index (χ4n) is 3.47. The molecule has 0 saturated carbocycles. The monoisotopic (exact) mass is 247 g/mol. The summed E-state index contributed by atoms with van der Waals surface area (Å²) >= 11 is 0. The average Bonchev–Trinajstić information content (AvgIpc) is 2.76. The van der Waals surface area contributed by atoms with Crippen molar-refractivity contribution in [2.75, 3.05) is 6.54 Å². The Morgan fingerprint density at radius 1 is 1.39 bits per heavy atom. The molecule has 0 radical (unpaired) electrons. The molecule has 0 aromatic rings. The van der Waals surface area contributed by atoms with Crippen LogP contribution in [0.3, 0.4) is 0 Å². The van der Waals surface area contributed by atoms with E-state index < -0.39 is 5.97 Å². The van der Waals surface area contributed by atoms with Crippen LogP contribution in [0.15, 0.2) is 23.8 Å². The molecule has 2 aliphatic heterocycles. The van der Waals surface area contributed by atoms with E-state index in [2.05, 4.69) is 12.2 Å². The summed E-state index contributed by atoms with van der Waals surface area (Å²) in [7, 11) is 0. The summed E-state index contributed by atoms with van der Waals surface area (Å²) in [5.74, 6) is 0.0504. The predicted molar refractivity (Wildman–Crippen MR) is 65.8 cm³/mol. The first kappa shape index (κ1) is 11.5. The largest absolute Gasteiger partial charge is 0.478 e. The summed E-state index contributed by atoms with van der Waals surface area (Å²) in [6, 6.07) is 0.000972. The first-order valence-electron chi connectivity index (χ1n) is 6.57. The van der Waals surface area contributed by atoms with Gasteiger partial charge in [0, 0.05) is 6.42 Å². The topological polar surface area (TPSA) is 57.6 Å². The zero-order chi connectivity index (χ0) is 12.7. The molecular formula is C14H17NO3. The minimum atomic E-state index is -0.890. The van der Waals surface area contributed by atoms with E-state index in [0.717, 1.165) is 19.3 Å². The van der Waals surface area contributed by atoms with Crippen LogP contribution in [0.5, 0.6) is 0 Å². The van der Waals surface area contributed by atoms with Crippen molar-refractivity contribution in [2.45, 2.75) is 31.7 Å². The van der Waals surface area contributed by atoms with E-state index in [-0.39, 0.29) is 18.5 Å². The fraction of sp³-hybridized carbons (Fsp3) is 0.571. The van der Waals surface area contributed by atoms with Gasteiger partial charge in [0.05, 0.1) is 18.2 Å². The Bertz CT molecular complexity index is 452. The van der Waals surface area contributed by atoms with Gasteiger partial charge in [-0.05, 0) is 37.2 Å². The molecule has 3 rings (SSSR count). The molecule has 0 spiro atoms. The van der Waals surface area contributed by atoms with Crippen LogP contribution in [-0.2, 0) is 9.59 Å². The molecule has 4 nitrogen and oxygen atoms in total. The van der Waals surface area contributed by atoms with Crippen molar-refractivity contribution in [3.05, 3.63) is 23.8 Å². The lowest BCUT2D eigenvalue weighted by atomic mass is 9.78. The minimum Gasteiger partial charge on any atom is -0.478 e. The van der Waals surface area contributed by atoms with Gasteiger partial charge in [0.15, 0.2) is 0 Å². The molecule has 0 bridgehead atoms. The average molecular weight is 247 g/mol. The fourth-order valence-corrected chi connectivity index (χ4v) is 3.47. The zero-order valence-electron chi connectivity index (χ0n) is 10.2. The van der Waals surface area contributed by atoms with Crippen LogP contribution in [0.25, 0.3) is 0 Å². The van der Waals surface area contributed by atoms with E-state index in [0.29, 0.717) is 23.8 Å². The number of nitrogens with zero attached hydrogens (tertiary/aromatic N) is 1.